The van der Waals surface area contributed by atoms with Crippen LogP contribution >= 0.6 is 0 Å². The van der Waals surface area contributed by atoms with Crippen molar-refractivity contribution in [3.05, 3.63) is 0 Å². The van der Waals surface area contributed by atoms with E-state index in [0.717, 1.165) is 4.90 Å². The molecule has 1 rings (SSSR count). The lowest BCUT2D eigenvalue weighted by molar-refractivity contribution is -0.0698. The van der Waals surface area contributed by atoms with Gasteiger partial charge in [-0.05, 0) is 20.8 Å². The van der Waals surface area contributed by atoms with E-state index in [1.807, 2.05) is 0 Å². The standard InChI is InChI=1S/C7H12N2O4/c1-7(2,3)9-4(10)8-5(11)13-6(9)12/h4,10H,1-3H3,(H,8,11). The average Bonchev–Trinajstić information content (AvgIpc) is 1.78. The molecule has 1 unspecified atom stereocenters. The molecule has 6 heteroatoms. The van der Waals surface area contributed by atoms with E-state index >= 15 is 0 Å². The zero-order chi connectivity index (χ0) is 10.2. The zero-order valence-corrected chi connectivity index (χ0v) is 7.70. The van der Waals surface area contributed by atoms with E-state index in [1.54, 1.807) is 20.8 Å². The number of amides is 2. The first-order chi connectivity index (χ1) is 5.82. The van der Waals surface area contributed by atoms with Crippen molar-refractivity contribution in [2.75, 3.05) is 0 Å². The summed E-state index contributed by atoms with van der Waals surface area (Å²) < 4.78 is 4.27. The third-order valence-electron chi connectivity index (χ3n) is 1.59. The molecule has 0 spiro atoms. The molecule has 1 saturated heterocycles. The molecular weight excluding hydrogens is 176 g/mol. The number of carbonyl (C=O) groups excluding carboxylic acids is 2. The monoisotopic (exact) mass is 188 g/mol. The van der Waals surface area contributed by atoms with Crippen molar-refractivity contribution >= 4 is 12.2 Å². The maximum atomic E-state index is 11.1. The van der Waals surface area contributed by atoms with E-state index in [0.29, 0.717) is 0 Å². The molecule has 2 amide bonds. The Morgan fingerprint density at radius 1 is 1.46 bits per heavy atom. The molecule has 0 saturated carbocycles. The second-order valence-corrected chi connectivity index (χ2v) is 3.71. The summed E-state index contributed by atoms with van der Waals surface area (Å²) in [6, 6.07) is 0. The Labute approximate surface area is 75.5 Å². The van der Waals surface area contributed by atoms with Gasteiger partial charge in [0.15, 0.2) is 0 Å². The molecule has 6 nitrogen and oxygen atoms in total. The Balaban J connectivity index is 2.85. The lowest BCUT2D eigenvalue weighted by Gasteiger charge is -2.39. The Hall–Kier alpha value is -1.30. The summed E-state index contributed by atoms with van der Waals surface area (Å²) in [6.07, 6.45) is -3.10. The third kappa shape index (κ3) is 1.89. The van der Waals surface area contributed by atoms with E-state index in [4.69, 9.17) is 0 Å². The smallest absolute Gasteiger partial charge is 0.359 e. The summed E-state index contributed by atoms with van der Waals surface area (Å²) in [5.41, 5.74) is -0.607. The van der Waals surface area contributed by atoms with Crippen molar-refractivity contribution in [1.29, 1.82) is 0 Å². The van der Waals surface area contributed by atoms with Crippen LogP contribution in [0.3, 0.4) is 0 Å². The molecule has 0 aromatic rings. The highest BCUT2D eigenvalue weighted by molar-refractivity contribution is 5.86. The van der Waals surface area contributed by atoms with Gasteiger partial charge in [0.05, 0.1) is 0 Å². The quantitative estimate of drug-likeness (QED) is 0.533. The molecule has 0 aliphatic carbocycles. The number of carbonyl (C=O) groups is 2. The Morgan fingerprint density at radius 3 is 2.38 bits per heavy atom. The highest BCUT2D eigenvalue weighted by Crippen LogP contribution is 2.18. The first kappa shape index (κ1) is 9.79. The molecule has 0 aromatic carbocycles. The van der Waals surface area contributed by atoms with Gasteiger partial charge in [-0.1, -0.05) is 0 Å². The van der Waals surface area contributed by atoms with Crippen LogP contribution in [-0.2, 0) is 4.74 Å². The highest BCUT2D eigenvalue weighted by atomic mass is 16.6. The number of rotatable bonds is 0. The SMILES string of the molecule is CC(C)(C)N1C(=O)OC(=O)NC1O. The number of aliphatic hydroxyl groups is 1. The minimum atomic E-state index is -1.33. The molecule has 13 heavy (non-hydrogen) atoms. The molecule has 1 aliphatic heterocycles. The molecule has 0 aromatic heterocycles. The predicted octanol–water partition coefficient (Wildman–Crippen LogP) is 0.223. The van der Waals surface area contributed by atoms with Crippen LogP contribution in [0.15, 0.2) is 0 Å². The highest BCUT2D eigenvalue weighted by Gasteiger charge is 2.39. The van der Waals surface area contributed by atoms with Crippen molar-refractivity contribution in [3.63, 3.8) is 0 Å². The number of cyclic esters (lactones) is 2. The fraction of sp³-hybridized carbons (Fsp3) is 0.714. The van der Waals surface area contributed by atoms with E-state index in [9.17, 15) is 14.7 Å². The maximum absolute atomic E-state index is 11.1. The predicted molar refractivity (Wildman–Crippen MR) is 42.6 cm³/mol. The van der Waals surface area contributed by atoms with Crippen LogP contribution in [0.4, 0.5) is 9.59 Å². The lowest BCUT2D eigenvalue weighted by Crippen LogP contribution is -2.63. The van der Waals surface area contributed by atoms with Crippen LogP contribution in [0.2, 0.25) is 0 Å². The first-order valence-corrected chi connectivity index (χ1v) is 3.82. The maximum Gasteiger partial charge on any atom is 0.422 e. The fourth-order valence-corrected chi connectivity index (χ4v) is 1.07. The number of hydrogen-bond donors (Lipinski definition) is 2. The molecule has 0 bridgehead atoms. The summed E-state index contributed by atoms with van der Waals surface area (Å²) in [5, 5.41) is 11.4. The van der Waals surface area contributed by atoms with Gasteiger partial charge in [-0.25, -0.2) is 9.59 Å². The van der Waals surface area contributed by atoms with E-state index in [1.165, 1.54) is 0 Å². The van der Waals surface area contributed by atoms with Gasteiger partial charge >= 0.3 is 12.2 Å². The Bertz CT molecular complexity index is 245. The second-order valence-electron chi connectivity index (χ2n) is 3.71. The van der Waals surface area contributed by atoms with Crippen molar-refractivity contribution in [3.8, 4) is 0 Å². The van der Waals surface area contributed by atoms with Crippen LogP contribution in [-0.4, -0.2) is 34.1 Å². The topological polar surface area (TPSA) is 78.9 Å². The second kappa shape index (κ2) is 2.88. The minimum absolute atomic E-state index is 0.607. The minimum Gasteiger partial charge on any atom is -0.359 e. The molecular formula is C7H12N2O4. The zero-order valence-electron chi connectivity index (χ0n) is 7.70. The molecule has 0 radical (unpaired) electrons. The largest absolute Gasteiger partial charge is 0.422 e. The van der Waals surface area contributed by atoms with E-state index in [2.05, 4.69) is 10.1 Å². The van der Waals surface area contributed by atoms with Crippen LogP contribution in [0, 0.1) is 0 Å². The van der Waals surface area contributed by atoms with Gasteiger partial charge in [-0.3, -0.25) is 10.2 Å². The van der Waals surface area contributed by atoms with Crippen molar-refractivity contribution in [1.82, 2.24) is 10.2 Å². The van der Waals surface area contributed by atoms with Crippen molar-refractivity contribution in [2.45, 2.75) is 32.7 Å². The average molecular weight is 188 g/mol. The van der Waals surface area contributed by atoms with Gasteiger partial charge in [-0.15, -0.1) is 0 Å². The number of nitrogens with one attached hydrogen (secondary N) is 1. The molecule has 74 valence electrons. The third-order valence-corrected chi connectivity index (χ3v) is 1.59. The normalized spacial score (nSPS) is 24.0. The van der Waals surface area contributed by atoms with Crippen LogP contribution < -0.4 is 5.32 Å². The summed E-state index contributed by atoms with van der Waals surface area (Å²) >= 11 is 0. The number of ether oxygens (including phenoxy) is 1. The van der Waals surface area contributed by atoms with Gasteiger partial charge in [0.25, 0.3) is 0 Å². The summed E-state index contributed by atoms with van der Waals surface area (Å²) in [7, 11) is 0. The summed E-state index contributed by atoms with van der Waals surface area (Å²) in [5.74, 6) is 0. The van der Waals surface area contributed by atoms with Crippen LogP contribution in [0.5, 0.6) is 0 Å². The Morgan fingerprint density at radius 2 is 2.00 bits per heavy atom. The van der Waals surface area contributed by atoms with Gasteiger partial charge in [0.2, 0.25) is 6.35 Å². The van der Waals surface area contributed by atoms with Gasteiger partial charge < -0.3 is 9.84 Å². The van der Waals surface area contributed by atoms with Crippen molar-refractivity contribution < 1.29 is 19.4 Å². The molecule has 1 aliphatic rings. The molecule has 1 atom stereocenters. The van der Waals surface area contributed by atoms with Crippen molar-refractivity contribution in [2.24, 2.45) is 0 Å². The summed E-state index contributed by atoms with van der Waals surface area (Å²) in [4.78, 5) is 22.8. The van der Waals surface area contributed by atoms with Gasteiger partial charge in [0.1, 0.15) is 0 Å². The molecule has 2 N–H and O–H groups in total. The fourth-order valence-electron chi connectivity index (χ4n) is 1.07. The number of hydrogen-bond acceptors (Lipinski definition) is 4. The number of nitrogens with zero attached hydrogens (tertiary/aromatic N) is 1. The lowest BCUT2D eigenvalue weighted by atomic mass is 10.1. The molecule has 1 fully saturated rings. The Kier molecular flexibility index (Phi) is 2.17. The number of alkyl carbamates (subject to hydrolysis) is 1. The van der Waals surface area contributed by atoms with Gasteiger partial charge in [0, 0.05) is 5.54 Å². The molecule has 1 heterocycles. The van der Waals surface area contributed by atoms with E-state index in [-0.39, 0.29) is 0 Å². The summed E-state index contributed by atoms with van der Waals surface area (Å²) in [6.45, 7) is 5.15. The van der Waals surface area contributed by atoms with Crippen LogP contribution in [0.1, 0.15) is 20.8 Å². The van der Waals surface area contributed by atoms with Gasteiger partial charge in [-0.2, -0.15) is 0 Å². The number of aliphatic hydroxyl groups excluding tert-OH is 1. The first-order valence-electron chi connectivity index (χ1n) is 3.82. The van der Waals surface area contributed by atoms with Crippen LogP contribution in [0.25, 0.3) is 0 Å². The van der Waals surface area contributed by atoms with E-state index < -0.39 is 24.1 Å².